The molecule has 1 fully saturated rings. The fourth-order valence-corrected chi connectivity index (χ4v) is 4.48. The summed E-state index contributed by atoms with van der Waals surface area (Å²) in [6, 6.07) is 9.50. The van der Waals surface area contributed by atoms with Gasteiger partial charge in [-0.1, -0.05) is 0 Å². The van der Waals surface area contributed by atoms with Crippen LogP contribution in [-0.2, 0) is 11.3 Å². The van der Waals surface area contributed by atoms with Crippen molar-refractivity contribution >= 4 is 22.6 Å². The number of amides is 1. The summed E-state index contributed by atoms with van der Waals surface area (Å²) in [5.74, 6) is 3.12. The van der Waals surface area contributed by atoms with Crippen molar-refractivity contribution in [1.82, 2.24) is 9.55 Å². The van der Waals surface area contributed by atoms with Gasteiger partial charge in [0.05, 0.1) is 12.1 Å². The molecule has 1 aliphatic carbocycles. The molecule has 0 unspecified atom stereocenters. The van der Waals surface area contributed by atoms with E-state index in [-0.39, 0.29) is 11.9 Å². The van der Waals surface area contributed by atoms with E-state index in [1.807, 2.05) is 30.3 Å². The average molecular weight is 420 g/mol. The van der Waals surface area contributed by atoms with Gasteiger partial charge >= 0.3 is 0 Å². The number of imidazole rings is 1. The van der Waals surface area contributed by atoms with E-state index in [1.54, 1.807) is 0 Å². The molecular formula is C23H24N4O4. The van der Waals surface area contributed by atoms with E-state index in [0.29, 0.717) is 25.7 Å². The lowest BCUT2D eigenvalue weighted by molar-refractivity contribution is -0.119. The first-order valence-corrected chi connectivity index (χ1v) is 10.8. The van der Waals surface area contributed by atoms with Crippen LogP contribution in [0.2, 0.25) is 0 Å². The summed E-state index contributed by atoms with van der Waals surface area (Å²) >= 11 is 0. The first-order valence-electron chi connectivity index (χ1n) is 10.8. The maximum Gasteiger partial charge on any atom is 0.240 e. The Morgan fingerprint density at radius 2 is 1.87 bits per heavy atom. The molecule has 2 aliphatic heterocycles. The number of rotatable bonds is 5. The Morgan fingerprint density at radius 3 is 2.68 bits per heavy atom. The molecule has 1 amide bonds. The smallest absolute Gasteiger partial charge is 0.240 e. The quantitative estimate of drug-likeness (QED) is 0.658. The van der Waals surface area contributed by atoms with Gasteiger partial charge in [-0.2, -0.15) is 0 Å². The number of benzene rings is 2. The molecule has 6 rings (SSSR count). The predicted molar refractivity (Wildman–Crippen MR) is 116 cm³/mol. The molecule has 0 radical (unpaired) electrons. The van der Waals surface area contributed by atoms with Gasteiger partial charge in [0.1, 0.15) is 36.3 Å². The molecule has 3 N–H and O–H groups in total. The molecule has 2 aromatic carbocycles. The van der Waals surface area contributed by atoms with Crippen molar-refractivity contribution in [3.05, 3.63) is 30.3 Å². The molecular weight excluding hydrogens is 396 g/mol. The number of hydrogen-bond donors (Lipinski definition) is 2. The maximum absolute atomic E-state index is 11.9. The van der Waals surface area contributed by atoms with E-state index in [4.69, 9.17) is 24.9 Å². The molecule has 8 heteroatoms. The van der Waals surface area contributed by atoms with Gasteiger partial charge in [-0.05, 0) is 49.4 Å². The zero-order valence-electron chi connectivity index (χ0n) is 17.1. The third-order valence-corrected chi connectivity index (χ3v) is 6.11. The summed E-state index contributed by atoms with van der Waals surface area (Å²) in [6.45, 7) is 2.55. The largest absolute Gasteiger partial charge is 0.491 e. The average Bonchev–Trinajstić information content (AvgIpc) is 3.57. The zero-order chi connectivity index (χ0) is 20.9. The fraction of sp³-hybridized carbons (Fsp3) is 0.391. The van der Waals surface area contributed by atoms with Crippen LogP contribution in [0.15, 0.2) is 30.3 Å². The van der Waals surface area contributed by atoms with Crippen LogP contribution in [0.1, 0.15) is 19.3 Å². The number of nitrogens with two attached hydrogens (primary N) is 1. The minimum atomic E-state index is -0.366. The van der Waals surface area contributed by atoms with Crippen LogP contribution in [0.4, 0.5) is 5.69 Å². The van der Waals surface area contributed by atoms with Gasteiger partial charge in [0, 0.05) is 23.9 Å². The summed E-state index contributed by atoms with van der Waals surface area (Å²) in [5, 5.41) is 3.32. The van der Waals surface area contributed by atoms with Gasteiger partial charge in [-0.15, -0.1) is 0 Å². The SMILES string of the molecule is NC(=O)[C@@H](Nc1cc2c3c(c1)nc(-c1ccc4c(c1)OCCO4)n3CCCO2)C1CC1. The Balaban J connectivity index is 1.45. The topological polar surface area (TPSA) is 101 Å². The Labute approximate surface area is 179 Å². The van der Waals surface area contributed by atoms with Crippen LogP contribution in [0.5, 0.6) is 17.2 Å². The minimum Gasteiger partial charge on any atom is -0.491 e. The number of anilines is 1. The summed E-state index contributed by atoms with van der Waals surface area (Å²) in [6.07, 6.45) is 2.93. The Morgan fingerprint density at radius 1 is 1.06 bits per heavy atom. The van der Waals surface area contributed by atoms with Gasteiger partial charge in [0.15, 0.2) is 11.5 Å². The fourth-order valence-electron chi connectivity index (χ4n) is 4.48. The summed E-state index contributed by atoms with van der Waals surface area (Å²) in [4.78, 5) is 16.9. The van der Waals surface area contributed by atoms with E-state index in [9.17, 15) is 4.79 Å². The number of primary amides is 1. The number of nitrogens with one attached hydrogen (secondary N) is 1. The van der Waals surface area contributed by atoms with Crippen molar-refractivity contribution in [2.24, 2.45) is 11.7 Å². The Kier molecular flexibility index (Phi) is 4.19. The Hall–Kier alpha value is -3.42. The van der Waals surface area contributed by atoms with Crippen molar-refractivity contribution in [2.45, 2.75) is 31.8 Å². The summed E-state index contributed by atoms with van der Waals surface area (Å²) in [5.41, 5.74) is 9.20. The molecule has 0 bridgehead atoms. The zero-order valence-corrected chi connectivity index (χ0v) is 17.1. The van der Waals surface area contributed by atoms with Gasteiger partial charge in [-0.3, -0.25) is 4.79 Å². The number of carbonyl (C=O) groups excluding carboxylic acids is 1. The number of hydrogen-bond acceptors (Lipinski definition) is 6. The highest BCUT2D eigenvalue weighted by Crippen LogP contribution is 2.40. The van der Waals surface area contributed by atoms with Crippen LogP contribution in [0, 0.1) is 5.92 Å². The first kappa shape index (κ1) is 18.4. The van der Waals surface area contributed by atoms with E-state index < -0.39 is 0 Å². The lowest BCUT2D eigenvalue weighted by atomic mass is 10.1. The van der Waals surface area contributed by atoms with Crippen molar-refractivity contribution < 1.29 is 19.0 Å². The Bertz CT molecular complexity index is 1180. The number of carbonyl (C=O) groups is 1. The second-order valence-electron chi connectivity index (χ2n) is 8.35. The van der Waals surface area contributed by atoms with Crippen molar-refractivity contribution in [3.63, 3.8) is 0 Å². The number of nitrogens with zero attached hydrogens (tertiary/aromatic N) is 2. The standard InChI is InChI=1S/C23H24N4O4/c24-22(28)20(13-2-3-13)25-15-11-16-21-19(12-15)29-7-1-6-27(21)23(26-16)14-4-5-17-18(10-14)31-9-8-30-17/h4-5,10-13,20,25H,1-3,6-9H2,(H2,24,28)/t20-/m0/s1. The molecule has 1 saturated carbocycles. The molecule has 8 nitrogen and oxygen atoms in total. The number of ether oxygens (including phenoxy) is 3. The summed E-state index contributed by atoms with van der Waals surface area (Å²) in [7, 11) is 0. The van der Waals surface area contributed by atoms with E-state index in [1.165, 1.54) is 0 Å². The highest BCUT2D eigenvalue weighted by molar-refractivity contribution is 5.91. The lowest BCUT2D eigenvalue weighted by Gasteiger charge is -2.19. The number of aromatic nitrogens is 2. The molecule has 3 heterocycles. The van der Waals surface area contributed by atoms with Gasteiger partial charge in [0.2, 0.25) is 5.91 Å². The molecule has 0 spiro atoms. The van der Waals surface area contributed by atoms with E-state index >= 15 is 0 Å². The summed E-state index contributed by atoms with van der Waals surface area (Å²) < 4.78 is 19.7. The van der Waals surface area contributed by atoms with Crippen LogP contribution >= 0.6 is 0 Å². The number of fused-ring (bicyclic) bond motifs is 1. The molecule has 3 aliphatic rings. The molecule has 160 valence electrons. The van der Waals surface area contributed by atoms with Crippen molar-refractivity contribution in [1.29, 1.82) is 0 Å². The highest BCUT2D eigenvalue weighted by atomic mass is 16.6. The molecule has 31 heavy (non-hydrogen) atoms. The van der Waals surface area contributed by atoms with Gasteiger partial charge < -0.3 is 29.8 Å². The minimum absolute atomic E-state index is 0.305. The second-order valence-corrected chi connectivity index (χ2v) is 8.35. The number of aryl methyl sites for hydroxylation is 1. The second kappa shape index (κ2) is 7.08. The molecule has 0 saturated heterocycles. The predicted octanol–water partition coefficient (Wildman–Crippen LogP) is 2.93. The molecule has 1 atom stereocenters. The van der Waals surface area contributed by atoms with Crippen LogP contribution < -0.4 is 25.3 Å². The van der Waals surface area contributed by atoms with Gasteiger partial charge in [-0.25, -0.2) is 4.98 Å². The lowest BCUT2D eigenvalue weighted by Crippen LogP contribution is -2.37. The van der Waals surface area contributed by atoms with Crippen LogP contribution in [0.3, 0.4) is 0 Å². The third kappa shape index (κ3) is 3.22. The van der Waals surface area contributed by atoms with Crippen molar-refractivity contribution in [3.8, 4) is 28.6 Å². The molecule has 1 aromatic heterocycles. The van der Waals surface area contributed by atoms with Crippen LogP contribution in [-0.4, -0.2) is 41.3 Å². The van der Waals surface area contributed by atoms with Crippen molar-refractivity contribution in [2.75, 3.05) is 25.1 Å². The molecule has 3 aromatic rings. The van der Waals surface area contributed by atoms with Gasteiger partial charge in [0.25, 0.3) is 0 Å². The van der Waals surface area contributed by atoms with E-state index in [2.05, 4.69) is 9.88 Å². The monoisotopic (exact) mass is 420 g/mol. The van der Waals surface area contributed by atoms with Crippen LogP contribution in [0.25, 0.3) is 22.4 Å². The normalized spacial score (nSPS) is 18.2. The third-order valence-electron chi connectivity index (χ3n) is 6.11. The maximum atomic E-state index is 11.9. The van der Waals surface area contributed by atoms with E-state index in [0.717, 1.165) is 71.2 Å². The highest BCUT2D eigenvalue weighted by Gasteiger charge is 2.35. The first-order chi connectivity index (χ1) is 15.2.